The highest BCUT2D eigenvalue weighted by molar-refractivity contribution is 5.95. The van der Waals surface area contributed by atoms with E-state index in [0.717, 1.165) is 31.2 Å². The quantitative estimate of drug-likeness (QED) is 0.637. The number of benzene rings is 1. The SMILES string of the molecule is CN(C)C1CCN(Cc2cccc(C(=N)N)c2)CC1. The van der Waals surface area contributed by atoms with E-state index >= 15 is 0 Å². The lowest BCUT2D eigenvalue weighted by atomic mass is 10.0. The van der Waals surface area contributed by atoms with Gasteiger partial charge in [-0.2, -0.15) is 0 Å². The molecular formula is C15H24N4. The molecular weight excluding hydrogens is 236 g/mol. The minimum Gasteiger partial charge on any atom is -0.384 e. The van der Waals surface area contributed by atoms with Crippen molar-refractivity contribution < 1.29 is 0 Å². The molecule has 0 aliphatic carbocycles. The Morgan fingerprint density at radius 2 is 2.05 bits per heavy atom. The van der Waals surface area contributed by atoms with Crippen molar-refractivity contribution in [3.05, 3.63) is 35.4 Å². The summed E-state index contributed by atoms with van der Waals surface area (Å²) in [5.74, 6) is 0.146. The molecule has 1 heterocycles. The number of hydrogen-bond acceptors (Lipinski definition) is 3. The molecule has 1 aromatic rings. The molecule has 1 saturated heterocycles. The molecule has 0 saturated carbocycles. The van der Waals surface area contributed by atoms with Crippen LogP contribution in [0.25, 0.3) is 0 Å². The van der Waals surface area contributed by atoms with E-state index in [1.54, 1.807) is 0 Å². The van der Waals surface area contributed by atoms with Gasteiger partial charge in [-0.25, -0.2) is 0 Å². The molecule has 0 atom stereocenters. The molecule has 3 N–H and O–H groups in total. The lowest BCUT2D eigenvalue weighted by molar-refractivity contribution is 0.140. The Kier molecular flexibility index (Phi) is 4.56. The zero-order valence-electron chi connectivity index (χ0n) is 11.9. The summed E-state index contributed by atoms with van der Waals surface area (Å²) in [5, 5.41) is 7.48. The van der Waals surface area contributed by atoms with Crippen LogP contribution in [0.1, 0.15) is 24.0 Å². The van der Waals surface area contributed by atoms with Crippen LogP contribution in [0, 0.1) is 5.41 Å². The topological polar surface area (TPSA) is 56.4 Å². The average molecular weight is 260 g/mol. The second-order valence-electron chi connectivity index (χ2n) is 5.58. The second kappa shape index (κ2) is 6.17. The monoisotopic (exact) mass is 260 g/mol. The molecule has 0 spiro atoms. The van der Waals surface area contributed by atoms with Crippen LogP contribution in [0.3, 0.4) is 0 Å². The largest absolute Gasteiger partial charge is 0.384 e. The number of likely N-dealkylation sites (tertiary alicyclic amines) is 1. The molecule has 1 aliphatic rings. The number of piperidine rings is 1. The smallest absolute Gasteiger partial charge is 0.122 e. The Balaban J connectivity index is 1.92. The summed E-state index contributed by atoms with van der Waals surface area (Å²) in [6, 6.07) is 8.74. The van der Waals surface area contributed by atoms with Gasteiger partial charge < -0.3 is 10.6 Å². The number of nitrogens with zero attached hydrogens (tertiary/aromatic N) is 2. The molecule has 1 aromatic carbocycles. The van der Waals surface area contributed by atoms with Crippen LogP contribution in [0.4, 0.5) is 0 Å². The van der Waals surface area contributed by atoms with Gasteiger partial charge in [0.05, 0.1) is 0 Å². The summed E-state index contributed by atoms with van der Waals surface area (Å²) >= 11 is 0. The summed E-state index contributed by atoms with van der Waals surface area (Å²) in [7, 11) is 4.33. The minimum absolute atomic E-state index is 0.146. The van der Waals surface area contributed by atoms with Crippen LogP contribution >= 0.6 is 0 Å². The van der Waals surface area contributed by atoms with E-state index in [-0.39, 0.29) is 5.84 Å². The summed E-state index contributed by atoms with van der Waals surface area (Å²) in [6.07, 6.45) is 2.47. The summed E-state index contributed by atoms with van der Waals surface area (Å²) < 4.78 is 0. The molecule has 0 amide bonds. The average Bonchev–Trinajstić information content (AvgIpc) is 2.39. The van der Waals surface area contributed by atoms with E-state index in [2.05, 4.69) is 30.0 Å². The van der Waals surface area contributed by atoms with E-state index in [1.165, 1.54) is 18.4 Å². The third-order valence-electron chi connectivity index (χ3n) is 3.93. The second-order valence-corrected chi connectivity index (χ2v) is 5.58. The van der Waals surface area contributed by atoms with Crippen molar-refractivity contribution in [3.63, 3.8) is 0 Å². The Morgan fingerprint density at radius 1 is 1.37 bits per heavy atom. The van der Waals surface area contributed by atoms with Crippen LogP contribution in [0.15, 0.2) is 24.3 Å². The van der Waals surface area contributed by atoms with Gasteiger partial charge >= 0.3 is 0 Å². The number of nitrogen functional groups attached to an aromatic ring is 1. The highest BCUT2D eigenvalue weighted by Gasteiger charge is 2.20. The van der Waals surface area contributed by atoms with Crippen molar-refractivity contribution >= 4 is 5.84 Å². The maximum Gasteiger partial charge on any atom is 0.122 e. The molecule has 0 bridgehead atoms. The molecule has 1 fully saturated rings. The lowest BCUT2D eigenvalue weighted by Crippen LogP contribution is -2.41. The van der Waals surface area contributed by atoms with Gasteiger partial charge in [-0.15, -0.1) is 0 Å². The van der Waals surface area contributed by atoms with Crippen LogP contribution < -0.4 is 5.73 Å². The summed E-state index contributed by atoms with van der Waals surface area (Å²) in [4.78, 5) is 4.81. The zero-order chi connectivity index (χ0) is 13.8. The number of nitrogens with one attached hydrogen (secondary N) is 1. The zero-order valence-corrected chi connectivity index (χ0v) is 11.9. The fourth-order valence-electron chi connectivity index (χ4n) is 2.69. The standard InChI is InChI=1S/C15H24N4/c1-18(2)14-6-8-19(9-7-14)11-12-4-3-5-13(10-12)15(16)17/h3-5,10,14H,6-9,11H2,1-2H3,(H3,16,17). The summed E-state index contributed by atoms with van der Waals surface area (Å²) in [5.41, 5.74) is 7.60. The maximum absolute atomic E-state index is 7.48. The summed E-state index contributed by atoms with van der Waals surface area (Å²) in [6.45, 7) is 3.25. The third-order valence-corrected chi connectivity index (χ3v) is 3.93. The van der Waals surface area contributed by atoms with Crippen LogP contribution in [-0.4, -0.2) is 48.9 Å². The highest BCUT2D eigenvalue weighted by Crippen LogP contribution is 2.17. The van der Waals surface area contributed by atoms with Crippen LogP contribution in [-0.2, 0) is 6.54 Å². The van der Waals surface area contributed by atoms with E-state index in [4.69, 9.17) is 11.1 Å². The molecule has 2 rings (SSSR count). The van der Waals surface area contributed by atoms with Gasteiger partial charge in [0, 0.05) is 18.2 Å². The van der Waals surface area contributed by atoms with Crippen molar-refractivity contribution in [1.29, 1.82) is 5.41 Å². The molecule has 0 aromatic heterocycles. The van der Waals surface area contributed by atoms with Gasteiger partial charge in [-0.3, -0.25) is 10.3 Å². The van der Waals surface area contributed by atoms with Crippen molar-refractivity contribution in [1.82, 2.24) is 9.80 Å². The van der Waals surface area contributed by atoms with Crippen molar-refractivity contribution in [3.8, 4) is 0 Å². The fraction of sp³-hybridized carbons (Fsp3) is 0.533. The number of rotatable bonds is 4. The first-order chi connectivity index (χ1) is 9.06. The Morgan fingerprint density at radius 3 is 2.63 bits per heavy atom. The first-order valence-electron chi connectivity index (χ1n) is 6.88. The highest BCUT2D eigenvalue weighted by atomic mass is 15.2. The maximum atomic E-state index is 7.48. The predicted molar refractivity (Wildman–Crippen MR) is 79.4 cm³/mol. The van der Waals surface area contributed by atoms with E-state index in [0.29, 0.717) is 0 Å². The number of hydrogen-bond donors (Lipinski definition) is 2. The minimum atomic E-state index is 0.146. The fourth-order valence-corrected chi connectivity index (χ4v) is 2.69. The lowest BCUT2D eigenvalue weighted by Gasteiger charge is -2.35. The number of nitrogens with two attached hydrogens (primary N) is 1. The first kappa shape index (κ1) is 14.0. The first-order valence-corrected chi connectivity index (χ1v) is 6.88. The molecule has 4 nitrogen and oxygen atoms in total. The Labute approximate surface area is 115 Å². The van der Waals surface area contributed by atoms with Gasteiger partial charge in [-0.05, 0) is 51.7 Å². The van der Waals surface area contributed by atoms with Crippen molar-refractivity contribution in [2.24, 2.45) is 5.73 Å². The van der Waals surface area contributed by atoms with Gasteiger partial charge in [0.2, 0.25) is 0 Å². The predicted octanol–water partition coefficient (Wildman–Crippen LogP) is 1.50. The Bertz CT molecular complexity index is 434. The van der Waals surface area contributed by atoms with Gasteiger partial charge in [0.1, 0.15) is 5.84 Å². The van der Waals surface area contributed by atoms with Crippen molar-refractivity contribution in [2.45, 2.75) is 25.4 Å². The van der Waals surface area contributed by atoms with Gasteiger partial charge in [0.25, 0.3) is 0 Å². The van der Waals surface area contributed by atoms with E-state index < -0.39 is 0 Å². The molecule has 1 aliphatic heterocycles. The number of amidine groups is 1. The molecule has 4 heteroatoms. The van der Waals surface area contributed by atoms with Crippen LogP contribution in [0.2, 0.25) is 0 Å². The molecule has 0 radical (unpaired) electrons. The third kappa shape index (κ3) is 3.78. The van der Waals surface area contributed by atoms with E-state index in [9.17, 15) is 0 Å². The molecule has 19 heavy (non-hydrogen) atoms. The molecule has 104 valence electrons. The van der Waals surface area contributed by atoms with E-state index in [1.807, 2.05) is 18.2 Å². The van der Waals surface area contributed by atoms with Crippen molar-refractivity contribution in [2.75, 3.05) is 27.2 Å². The molecule has 0 unspecified atom stereocenters. The van der Waals surface area contributed by atoms with Crippen LogP contribution in [0.5, 0.6) is 0 Å². The Hall–Kier alpha value is -1.39. The van der Waals surface area contributed by atoms with Gasteiger partial charge in [-0.1, -0.05) is 18.2 Å². The van der Waals surface area contributed by atoms with Gasteiger partial charge in [0.15, 0.2) is 0 Å². The normalized spacial score (nSPS) is 17.8.